The highest BCUT2D eigenvalue weighted by Gasteiger charge is 2.39. The van der Waals surface area contributed by atoms with Gasteiger partial charge >= 0.3 is 0 Å². The Morgan fingerprint density at radius 2 is 2.05 bits per heavy atom. The van der Waals surface area contributed by atoms with Crippen LogP contribution in [0.25, 0.3) is 0 Å². The first kappa shape index (κ1) is 13.0. The number of benzene rings is 1. The van der Waals surface area contributed by atoms with Crippen LogP contribution in [0.3, 0.4) is 0 Å². The van der Waals surface area contributed by atoms with Crippen molar-refractivity contribution in [2.45, 2.75) is 64.1 Å². The highest BCUT2D eigenvalue weighted by Crippen LogP contribution is 2.50. The SMILES string of the molecule is CCC1(C(O)c2cccc(OC3CC3)c2)CCCC1. The zero-order valence-corrected chi connectivity index (χ0v) is 11.8. The Kier molecular flexibility index (Phi) is 3.53. The third kappa shape index (κ3) is 2.64. The molecule has 0 aromatic heterocycles. The second-order valence-corrected chi connectivity index (χ2v) is 6.22. The van der Waals surface area contributed by atoms with Crippen LogP contribution in [0.4, 0.5) is 0 Å². The summed E-state index contributed by atoms with van der Waals surface area (Å²) in [7, 11) is 0. The molecule has 1 aromatic carbocycles. The molecule has 0 bridgehead atoms. The summed E-state index contributed by atoms with van der Waals surface area (Å²) in [4.78, 5) is 0. The summed E-state index contributed by atoms with van der Waals surface area (Å²) in [5.41, 5.74) is 1.12. The van der Waals surface area contributed by atoms with Gasteiger partial charge in [-0.05, 0) is 49.8 Å². The minimum atomic E-state index is -0.345. The molecule has 1 N–H and O–H groups in total. The van der Waals surface area contributed by atoms with E-state index >= 15 is 0 Å². The Morgan fingerprint density at radius 3 is 2.68 bits per heavy atom. The minimum Gasteiger partial charge on any atom is -0.490 e. The van der Waals surface area contributed by atoms with Crippen molar-refractivity contribution in [1.82, 2.24) is 0 Å². The topological polar surface area (TPSA) is 29.5 Å². The molecule has 1 aromatic rings. The van der Waals surface area contributed by atoms with Gasteiger partial charge in [-0.3, -0.25) is 0 Å². The maximum Gasteiger partial charge on any atom is 0.120 e. The van der Waals surface area contributed by atoms with Gasteiger partial charge in [0.2, 0.25) is 0 Å². The van der Waals surface area contributed by atoms with Crippen LogP contribution in [0.1, 0.15) is 63.5 Å². The highest BCUT2D eigenvalue weighted by atomic mass is 16.5. The molecule has 2 aliphatic rings. The number of ether oxygens (including phenoxy) is 1. The fraction of sp³-hybridized carbons (Fsp3) is 0.647. The third-order valence-electron chi connectivity index (χ3n) is 4.88. The molecular formula is C17H24O2. The van der Waals surface area contributed by atoms with Crippen molar-refractivity contribution in [2.75, 3.05) is 0 Å². The van der Waals surface area contributed by atoms with Gasteiger partial charge in [-0.25, -0.2) is 0 Å². The van der Waals surface area contributed by atoms with E-state index in [0.29, 0.717) is 6.10 Å². The quantitative estimate of drug-likeness (QED) is 0.858. The van der Waals surface area contributed by atoms with Crippen LogP contribution in [0, 0.1) is 5.41 Å². The van der Waals surface area contributed by atoms with Crippen LogP contribution < -0.4 is 4.74 Å². The van der Waals surface area contributed by atoms with Crippen LogP contribution in [-0.4, -0.2) is 11.2 Å². The molecule has 2 aliphatic carbocycles. The first-order valence-corrected chi connectivity index (χ1v) is 7.68. The fourth-order valence-corrected chi connectivity index (χ4v) is 3.39. The third-order valence-corrected chi connectivity index (χ3v) is 4.88. The number of hydrogen-bond acceptors (Lipinski definition) is 2. The molecule has 2 saturated carbocycles. The van der Waals surface area contributed by atoms with Crippen molar-refractivity contribution in [2.24, 2.45) is 5.41 Å². The Morgan fingerprint density at radius 1 is 1.32 bits per heavy atom. The monoisotopic (exact) mass is 260 g/mol. The summed E-state index contributed by atoms with van der Waals surface area (Å²) in [5, 5.41) is 10.8. The molecule has 2 nitrogen and oxygen atoms in total. The zero-order chi connectivity index (χ0) is 13.3. The predicted molar refractivity (Wildman–Crippen MR) is 76.2 cm³/mol. The molecule has 2 fully saturated rings. The Balaban J connectivity index is 1.79. The van der Waals surface area contributed by atoms with E-state index in [9.17, 15) is 5.11 Å². The molecule has 2 heteroatoms. The lowest BCUT2D eigenvalue weighted by Gasteiger charge is -2.33. The van der Waals surface area contributed by atoms with Crippen LogP contribution in [-0.2, 0) is 0 Å². The van der Waals surface area contributed by atoms with Gasteiger partial charge in [0.05, 0.1) is 12.2 Å². The van der Waals surface area contributed by atoms with Crippen molar-refractivity contribution in [3.63, 3.8) is 0 Å². The summed E-state index contributed by atoms with van der Waals surface area (Å²) in [6, 6.07) is 8.09. The number of aliphatic hydroxyl groups excluding tert-OH is 1. The molecule has 0 aliphatic heterocycles. The second-order valence-electron chi connectivity index (χ2n) is 6.22. The van der Waals surface area contributed by atoms with Crippen LogP contribution in [0.15, 0.2) is 24.3 Å². The van der Waals surface area contributed by atoms with Crippen molar-refractivity contribution in [3.8, 4) is 5.75 Å². The summed E-state index contributed by atoms with van der Waals surface area (Å²) in [6.45, 7) is 2.21. The molecule has 0 heterocycles. The van der Waals surface area contributed by atoms with Crippen molar-refractivity contribution in [3.05, 3.63) is 29.8 Å². The molecule has 0 radical (unpaired) electrons. The lowest BCUT2D eigenvalue weighted by atomic mass is 9.75. The minimum absolute atomic E-state index is 0.0954. The maximum absolute atomic E-state index is 10.8. The molecular weight excluding hydrogens is 236 g/mol. The van der Waals surface area contributed by atoms with Crippen molar-refractivity contribution < 1.29 is 9.84 Å². The van der Waals surface area contributed by atoms with Gasteiger partial charge in [-0.1, -0.05) is 31.9 Å². The lowest BCUT2D eigenvalue weighted by molar-refractivity contribution is 0.0236. The first-order chi connectivity index (χ1) is 9.23. The zero-order valence-electron chi connectivity index (χ0n) is 11.8. The summed E-state index contributed by atoms with van der Waals surface area (Å²) in [6.07, 6.45) is 8.28. The van der Waals surface area contributed by atoms with Crippen LogP contribution in [0.5, 0.6) is 5.75 Å². The predicted octanol–water partition coefficient (Wildman–Crippen LogP) is 4.23. The van der Waals surface area contributed by atoms with E-state index in [1.54, 1.807) is 0 Å². The van der Waals surface area contributed by atoms with E-state index in [4.69, 9.17) is 4.74 Å². The Bertz CT molecular complexity index is 431. The van der Waals surface area contributed by atoms with Gasteiger partial charge in [-0.15, -0.1) is 0 Å². The number of hydrogen-bond donors (Lipinski definition) is 1. The first-order valence-electron chi connectivity index (χ1n) is 7.68. The summed E-state index contributed by atoms with van der Waals surface area (Å²) >= 11 is 0. The highest BCUT2D eigenvalue weighted by molar-refractivity contribution is 5.31. The van der Waals surface area contributed by atoms with E-state index in [1.165, 1.54) is 25.7 Å². The lowest BCUT2D eigenvalue weighted by Crippen LogP contribution is -2.25. The van der Waals surface area contributed by atoms with E-state index in [1.807, 2.05) is 24.3 Å². The molecule has 1 unspecified atom stereocenters. The van der Waals surface area contributed by atoms with Gasteiger partial charge in [0, 0.05) is 5.41 Å². The molecule has 0 amide bonds. The largest absolute Gasteiger partial charge is 0.490 e. The average Bonchev–Trinajstić information content (AvgIpc) is 3.12. The van der Waals surface area contributed by atoms with E-state index in [0.717, 1.165) is 30.6 Å². The van der Waals surface area contributed by atoms with E-state index in [2.05, 4.69) is 6.92 Å². The normalized spacial score (nSPS) is 23.3. The molecule has 3 rings (SSSR count). The molecule has 104 valence electrons. The van der Waals surface area contributed by atoms with Crippen LogP contribution >= 0.6 is 0 Å². The Hall–Kier alpha value is -1.02. The average molecular weight is 260 g/mol. The van der Waals surface area contributed by atoms with Gasteiger partial charge in [0.1, 0.15) is 5.75 Å². The molecule has 1 atom stereocenters. The molecule has 19 heavy (non-hydrogen) atoms. The smallest absolute Gasteiger partial charge is 0.120 e. The summed E-state index contributed by atoms with van der Waals surface area (Å²) in [5.74, 6) is 0.920. The Labute approximate surface area is 115 Å². The van der Waals surface area contributed by atoms with Crippen molar-refractivity contribution in [1.29, 1.82) is 0 Å². The fourth-order valence-electron chi connectivity index (χ4n) is 3.39. The second kappa shape index (κ2) is 5.16. The summed E-state index contributed by atoms with van der Waals surface area (Å²) < 4.78 is 5.83. The maximum atomic E-state index is 10.8. The standard InChI is InChI=1S/C17H24O2/c1-2-17(10-3-4-11-17)16(18)13-6-5-7-15(12-13)19-14-8-9-14/h5-7,12,14,16,18H,2-4,8-11H2,1H3. The number of aliphatic hydroxyl groups is 1. The van der Waals surface area contributed by atoms with Crippen molar-refractivity contribution >= 4 is 0 Å². The van der Waals surface area contributed by atoms with Crippen LogP contribution in [0.2, 0.25) is 0 Å². The van der Waals surface area contributed by atoms with Gasteiger partial charge in [-0.2, -0.15) is 0 Å². The molecule has 0 saturated heterocycles. The van der Waals surface area contributed by atoms with Gasteiger partial charge < -0.3 is 9.84 Å². The number of rotatable bonds is 5. The van der Waals surface area contributed by atoms with Gasteiger partial charge in [0.15, 0.2) is 0 Å². The van der Waals surface area contributed by atoms with E-state index in [-0.39, 0.29) is 11.5 Å². The molecule has 0 spiro atoms. The van der Waals surface area contributed by atoms with Gasteiger partial charge in [0.25, 0.3) is 0 Å². The van der Waals surface area contributed by atoms with E-state index < -0.39 is 0 Å².